The zero-order valence-corrected chi connectivity index (χ0v) is 19.8. The Balaban J connectivity index is 1.38. The summed E-state index contributed by atoms with van der Waals surface area (Å²) in [5, 5.41) is 8.90. The Morgan fingerprint density at radius 1 is 1.17 bits per heavy atom. The lowest BCUT2D eigenvalue weighted by atomic mass is 9.96. The average molecular weight is 494 g/mol. The summed E-state index contributed by atoms with van der Waals surface area (Å²) in [6.07, 6.45) is 3.18. The standard InChI is InChI=1S/C26H28FN5O4/c1-35-22-6-7-23(18(11-22)12-27)31-21-4-2-17(3-5-21)13-30-25(34)26(8-9-36-16-26)32-24(33)19-10-20(28)15-29-14-19/h2-7,10-11,14-15,31H,8-9,12-13,16,28H2,1H3,(H,30,34)(H,32,33)/t26-/m0/s1. The summed E-state index contributed by atoms with van der Waals surface area (Å²) in [4.78, 5) is 29.8. The van der Waals surface area contributed by atoms with Crippen molar-refractivity contribution in [1.29, 1.82) is 0 Å². The average Bonchev–Trinajstić information content (AvgIpc) is 3.38. The van der Waals surface area contributed by atoms with Crippen LogP contribution in [0.1, 0.15) is 27.9 Å². The van der Waals surface area contributed by atoms with Gasteiger partial charge in [-0.2, -0.15) is 0 Å². The van der Waals surface area contributed by atoms with Crippen molar-refractivity contribution >= 4 is 28.9 Å². The first-order valence-corrected chi connectivity index (χ1v) is 11.4. The quantitative estimate of drug-likeness (QED) is 0.361. The predicted octanol–water partition coefficient (Wildman–Crippen LogP) is 3.09. The van der Waals surface area contributed by atoms with Gasteiger partial charge in [0.15, 0.2) is 0 Å². The van der Waals surface area contributed by atoms with Gasteiger partial charge in [-0.3, -0.25) is 14.6 Å². The van der Waals surface area contributed by atoms with Gasteiger partial charge in [0.25, 0.3) is 5.91 Å². The molecule has 36 heavy (non-hydrogen) atoms. The summed E-state index contributed by atoms with van der Waals surface area (Å²) in [5.74, 6) is -0.194. The lowest BCUT2D eigenvalue weighted by molar-refractivity contribution is -0.127. The molecule has 0 saturated carbocycles. The van der Waals surface area contributed by atoms with E-state index in [-0.39, 0.29) is 24.6 Å². The molecule has 0 radical (unpaired) electrons. The monoisotopic (exact) mass is 493 g/mol. The van der Waals surface area contributed by atoms with Crippen molar-refractivity contribution in [2.45, 2.75) is 25.2 Å². The first-order valence-electron chi connectivity index (χ1n) is 11.4. The number of halogens is 1. The van der Waals surface area contributed by atoms with Gasteiger partial charge in [-0.1, -0.05) is 12.1 Å². The Morgan fingerprint density at radius 3 is 2.64 bits per heavy atom. The van der Waals surface area contributed by atoms with E-state index in [4.69, 9.17) is 15.2 Å². The molecule has 0 spiro atoms. The molecule has 0 unspecified atom stereocenters. The molecule has 0 aliphatic carbocycles. The van der Waals surface area contributed by atoms with Crippen molar-refractivity contribution in [3.8, 4) is 5.75 Å². The predicted molar refractivity (Wildman–Crippen MR) is 134 cm³/mol. The molecule has 1 aromatic heterocycles. The number of alkyl halides is 1. The van der Waals surface area contributed by atoms with Gasteiger partial charge < -0.3 is 31.2 Å². The third-order valence-electron chi connectivity index (χ3n) is 5.97. The molecular weight excluding hydrogens is 465 g/mol. The highest BCUT2D eigenvalue weighted by Crippen LogP contribution is 2.26. The highest BCUT2D eigenvalue weighted by atomic mass is 19.1. The Hall–Kier alpha value is -4.18. The molecule has 2 heterocycles. The summed E-state index contributed by atoms with van der Waals surface area (Å²) in [5.41, 5.74) is 7.93. The highest BCUT2D eigenvalue weighted by molar-refractivity contribution is 5.99. The summed E-state index contributed by atoms with van der Waals surface area (Å²) < 4.78 is 24.0. The number of ether oxygens (including phenoxy) is 2. The van der Waals surface area contributed by atoms with E-state index in [0.717, 1.165) is 11.3 Å². The number of nitrogen functional groups attached to an aromatic ring is 1. The fourth-order valence-corrected chi connectivity index (χ4v) is 3.91. The molecule has 10 heteroatoms. The number of hydrogen-bond acceptors (Lipinski definition) is 7. The largest absolute Gasteiger partial charge is 0.497 e. The number of nitrogens with one attached hydrogen (secondary N) is 3. The third-order valence-corrected chi connectivity index (χ3v) is 5.97. The topological polar surface area (TPSA) is 128 Å². The van der Waals surface area contributed by atoms with Crippen molar-refractivity contribution in [2.24, 2.45) is 0 Å². The molecule has 1 atom stereocenters. The lowest BCUT2D eigenvalue weighted by Gasteiger charge is -2.27. The van der Waals surface area contributed by atoms with E-state index in [1.54, 1.807) is 18.2 Å². The Bertz CT molecular complexity index is 1230. The van der Waals surface area contributed by atoms with E-state index in [9.17, 15) is 14.0 Å². The van der Waals surface area contributed by atoms with Crippen LogP contribution in [0, 0.1) is 0 Å². The maximum Gasteiger partial charge on any atom is 0.253 e. The fraction of sp³-hybridized carbons (Fsp3) is 0.269. The van der Waals surface area contributed by atoms with E-state index < -0.39 is 18.1 Å². The van der Waals surface area contributed by atoms with Gasteiger partial charge in [0, 0.05) is 48.9 Å². The van der Waals surface area contributed by atoms with Crippen molar-refractivity contribution < 1.29 is 23.5 Å². The normalized spacial score (nSPS) is 16.8. The number of rotatable bonds is 9. The van der Waals surface area contributed by atoms with E-state index in [2.05, 4.69) is 20.9 Å². The summed E-state index contributed by atoms with van der Waals surface area (Å²) in [6, 6.07) is 14.1. The van der Waals surface area contributed by atoms with Crippen LogP contribution in [-0.2, 0) is 22.8 Å². The van der Waals surface area contributed by atoms with Gasteiger partial charge >= 0.3 is 0 Å². The molecule has 3 aromatic rings. The number of aromatic nitrogens is 1. The molecule has 1 saturated heterocycles. The summed E-state index contributed by atoms with van der Waals surface area (Å²) in [6.45, 7) is 0.0616. The van der Waals surface area contributed by atoms with Gasteiger partial charge in [0.1, 0.15) is 18.0 Å². The van der Waals surface area contributed by atoms with Crippen LogP contribution in [0.4, 0.5) is 21.5 Å². The number of nitrogens with two attached hydrogens (primary N) is 1. The number of nitrogens with zero attached hydrogens (tertiary/aromatic N) is 1. The van der Waals surface area contributed by atoms with Gasteiger partial charge in [-0.15, -0.1) is 0 Å². The molecular formula is C26H28FN5O4. The van der Waals surface area contributed by atoms with Crippen LogP contribution in [0.15, 0.2) is 60.9 Å². The molecule has 5 N–H and O–H groups in total. The minimum Gasteiger partial charge on any atom is -0.497 e. The zero-order chi connectivity index (χ0) is 25.5. The number of methoxy groups -OCH3 is 1. The molecule has 2 aromatic carbocycles. The molecule has 1 aliphatic heterocycles. The number of benzene rings is 2. The van der Waals surface area contributed by atoms with Crippen LogP contribution < -0.4 is 26.4 Å². The molecule has 0 bridgehead atoms. The Labute approximate surface area is 208 Å². The van der Waals surface area contributed by atoms with Gasteiger partial charge in [-0.05, 0) is 42.0 Å². The second-order valence-electron chi connectivity index (χ2n) is 8.51. The summed E-state index contributed by atoms with van der Waals surface area (Å²) >= 11 is 0. The molecule has 1 fully saturated rings. The van der Waals surface area contributed by atoms with Crippen molar-refractivity contribution in [3.63, 3.8) is 0 Å². The molecule has 2 amide bonds. The Kier molecular flexibility index (Phi) is 7.65. The minimum atomic E-state index is -1.18. The van der Waals surface area contributed by atoms with Crippen LogP contribution in [0.5, 0.6) is 5.75 Å². The lowest BCUT2D eigenvalue weighted by Crippen LogP contribution is -2.59. The smallest absolute Gasteiger partial charge is 0.253 e. The number of hydrogen-bond donors (Lipinski definition) is 4. The van der Waals surface area contributed by atoms with E-state index >= 15 is 0 Å². The van der Waals surface area contributed by atoms with Crippen molar-refractivity contribution in [2.75, 3.05) is 31.4 Å². The third kappa shape index (κ3) is 5.72. The maximum atomic E-state index is 13.4. The second kappa shape index (κ2) is 11.0. The van der Waals surface area contributed by atoms with Crippen LogP contribution in [0.2, 0.25) is 0 Å². The molecule has 4 rings (SSSR count). The Morgan fingerprint density at radius 2 is 1.97 bits per heavy atom. The number of pyridine rings is 1. The number of amides is 2. The molecule has 1 aliphatic rings. The highest BCUT2D eigenvalue weighted by Gasteiger charge is 2.43. The van der Waals surface area contributed by atoms with Gasteiger partial charge in [0.05, 0.1) is 25.0 Å². The van der Waals surface area contributed by atoms with Crippen LogP contribution in [0.25, 0.3) is 0 Å². The van der Waals surface area contributed by atoms with Crippen LogP contribution in [0.3, 0.4) is 0 Å². The van der Waals surface area contributed by atoms with Crippen molar-refractivity contribution in [1.82, 2.24) is 15.6 Å². The molecule has 9 nitrogen and oxygen atoms in total. The number of carbonyl (C=O) groups excluding carboxylic acids is 2. The zero-order valence-electron chi connectivity index (χ0n) is 19.8. The van der Waals surface area contributed by atoms with Crippen LogP contribution >= 0.6 is 0 Å². The minimum absolute atomic E-state index is 0.0714. The fourth-order valence-electron chi connectivity index (χ4n) is 3.91. The first kappa shape index (κ1) is 24.9. The van der Waals surface area contributed by atoms with Gasteiger partial charge in [0.2, 0.25) is 5.91 Å². The van der Waals surface area contributed by atoms with E-state index in [1.165, 1.54) is 25.6 Å². The summed E-state index contributed by atoms with van der Waals surface area (Å²) in [7, 11) is 1.54. The molecule has 188 valence electrons. The van der Waals surface area contributed by atoms with E-state index in [0.29, 0.717) is 35.7 Å². The maximum absolute atomic E-state index is 13.4. The first-order chi connectivity index (χ1) is 17.4. The SMILES string of the molecule is COc1ccc(Nc2ccc(CNC(=O)[C@]3(NC(=O)c4cncc(N)c4)CCOC3)cc2)c(CF)c1. The van der Waals surface area contributed by atoms with Crippen molar-refractivity contribution in [3.05, 3.63) is 77.6 Å². The van der Waals surface area contributed by atoms with Crippen LogP contribution in [-0.4, -0.2) is 42.7 Å². The number of anilines is 3. The van der Waals surface area contributed by atoms with E-state index in [1.807, 2.05) is 24.3 Å². The number of carbonyl (C=O) groups is 2. The second-order valence-corrected chi connectivity index (χ2v) is 8.51. The van der Waals surface area contributed by atoms with Gasteiger partial charge in [-0.25, -0.2) is 4.39 Å².